The Balaban J connectivity index is 1.38. The molecule has 0 bridgehead atoms. The van der Waals surface area contributed by atoms with E-state index in [2.05, 4.69) is 5.32 Å². The van der Waals surface area contributed by atoms with Crippen molar-refractivity contribution in [1.82, 2.24) is 4.57 Å². The van der Waals surface area contributed by atoms with Gasteiger partial charge in [0, 0.05) is 22.8 Å². The number of carboxylic acids is 1. The van der Waals surface area contributed by atoms with Crippen LogP contribution in [0, 0.1) is 0 Å². The summed E-state index contributed by atoms with van der Waals surface area (Å²) in [4.78, 5) is 23.2. The first-order valence-electron chi connectivity index (χ1n) is 9.93. The van der Waals surface area contributed by atoms with Crippen LogP contribution in [-0.2, 0) is 29.2 Å². The van der Waals surface area contributed by atoms with E-state index in [9.17, 15) is 9.59 Å². The lowest BCUT2D eigenvalue weighted by Crippen LogP contribution is -2.18. The number of aromatic nitrogens is 1. The minimum atomic E-state index is -0.884. The van der Waals surface area contributed by atoms with Gasteiger partial charge in [0.2, 0.25) is 5.91 Å². The minimum absolute atomic E-state index is 0.0410. The van der Waals surface area contributed by atoms with Crippen LogP contribution in [0.5, 0.6) is 5.75 Å². The van der Waals surface area contributed by atoms with E-state index >= 15 is 0 Å². The van der Waals surface area contributed by atoms with E-state index in [4.69, 9.17) is 9.84 Å². The molecule has 1 heterocycles. The molecule has 4 aromatic rings. The lowest BCUT2D eigenvalue weighted by molar-refractivity contribution is -0.136. The number of amides is 1. The predicted octanol–water partition coefficient (Wildman–Crippen LogP) is 4.49. The van der Waals surface area contributed by atoms with Crippen LogP contribution in [0.3, 0.4) is 0 Å². The molecule has 0 aliphatic heterocycles. The highest BCUT2D eigenvalue weighted by Gasteiger charge is 2.09. The summed E-state index contributed by atoms with van der Waals surface area (Å²) >= 11 is 0. The van der Waals surface area contributed by atoms with Crippen LogP contribution >= 0.6 is 0 Å². The van der Waals surface area contributed by atoms with Gasteiger partial charge >= 0.3 is 5.97 Å². The summed E-state index contributed by atoms with van der Waals surface area (Å²) in [6, 6.07) is 24.6. The van der Waals surface area contributed by atoms with Crippen LogP contribution in [0.4, 0.5) is 5.69 Å². The van der Waals surface area contributed by atoms with Crippen molar-refractivity contribution in [3.63, 3.8) is 0 Å². The number of anilines is 1. The third-order valence-electron chi connectivity index (χ3n) is 4.90. The van der Waals surface area contributed by atoms with Crippen molar-refractivity contribution in [3.05, 3.63) is 96.2 Å². The fourth-order valence-electron chi connectivity index (χ4n) is 3.38. The van der Waals surface area contributed by atoms with Crippen molar-refractivity contribution in [2.75, 3.05) is 5.32 Å². The molecular formula is C25H22N2O4. The number of nitrogens with zero attached hydrogens (tertiary/aromatic N) is 1. The maximum atomic E-state index is 12.5. The molecular weight excluding hydrogens is 392 g/mol. The second kappa shape index (κ2) is 9.17. The maximum Gasteiger partial charge on any atom is 0.307 e. The van der Waals surface area contributed by atoms with Gasteiger partial charge in [-0.2, -0.15) is 0 Å². The average molecular weight is 414 g/mol. The van der Waals surface area contributed by atoms with Gasteiger partial charge in [0.25, 0.3) is 0 Å². The van der Waals surface area contributed by atoms with Crippen LogP contribution < -0.4 is 10.1 Å². The first kappa shape index (κ1) is 20.2. The molecule has 6 nitrogen and oxygen atoms in total. The number of benzene rings is 3. The summed E-state index contributed by atoms with van der Waals surface area (Å²) in [6.45, 7) is 0.672. The number of hydrogen-bond acceptors (Lipinski definition) is 3. The Labute approximate surface area is 179 Å². The molecule has 3 aromatic carbocycles. The Morgan fingerprint density at radius 2 is 1.68 bits per heavy atom. The molecule has 0 saturated heterocycles. The van der Waals surface area contributed by atoms with Crippen molar-refractivity contribution >= 4 is 28.5 Å². The van der Waals surface area contributed by atoms with Gasteiger partial charge < -0.3 is 19.7 Å². The lowest BCUT2D eigenvalue weighted by atomic mass is 10.1. The summed E-state index contributed by atoms with van der Waals surface area (Å²) < 4.78 is 7.76. The molecule has 0 fully saturated rings. The van der Waals surface area contributed by atoms with Crippen molar-refractivity contribution in [2.24, 2.45) is 0 Å². The standard InChI is InChI=1S/C25H22N2O4/c28-24(26-21-8-6-18(7-9-21)14-25(29)30)16-27-13-12-20-15-22(10-11-23(20)27)31-17-19-4-2-1-3-5-19/h1-13,15H,14,16-17H2,(H,26,28)(H,29,30). The van der Waals surface area contributed by atoms with E-state index in [1.165, 1.54) is 0 Å². The maximum absolute atomic E-state index is 12.5. The number of carbonyl (C=O) groups excluding carboxylic acids is 1. The SMILES string of the molecule is O=C(O)Cc1ccc(NC(=O)Cn2ccc3cc(OCc4ccccc4)ccc32)cc1. The van der Waals surface area contributed by atoms with Gasteiger partial charge in [-0.05, 0) is 47.5 Å². The van der Waals surface area contributed by atoms with Gasteiger partial charge in [-0.3, -0.25) is 9.59 Å². The first-order valence-corrected chi connectivity index (χ1v) is 9.93. The first-order chi connectivity index (χ1) is 15.1. The number of aliphatic carboxylic acids is 1. The fourth-order valence-corrected chi connectivity index (χ4v) is 3.38. The molecule has 0 spiro atoms. The predicted molar refractivity (Wildman–Crippen MR) is 119 cm³/mol. The van der Waals surface area contributed by atoms with E-state index in [-0.39, 0.29) is 18.9 Å². The quantitative estimate of drug-likeness (QED) is 0.445. The highest BCUT2D eigenvalue weighted by atomic mass is 16.5. The third kappa shape index (κ3) is 5.30. The fraction of sp³-hybridized carbons (Fsp3) is 0.120. The zero-order valence-corrected chi connectivity index (χ0v) is 16.8. The number of carboxylic acid groups (broad SMARTS) is 1. The van der Waals surface area contributed by atoms with Crippen LogP contribution in [-0.4, -0.2) is 21.6 Å². The Morgan fingerprint density at radius 3 is 2.42 bits per heavy atom. The molecule has 2 N–H and O–H groups in total. The number of hydrogen-bond donors (Lipinski definition) is 2. The Hall–Kier alpha value is -4.06. The molecule has 6 heteroatoms. The van der Waals surface area contributed by atoms with Crippen molar-refractivity contribution < 1.29 is 19.4 Å². The van der Waals surface area contributed by atoms with Crippen molar-refractivity contribution in [3.8, 4) is 5.75 Å². The largest absolute Gasteiger partial charge is 0.489 e. The summed E-state index contributed by atoms with van der Waals surface area (Å²) in [6.07, 6.45) is 1.84. The highest BCUT2D eigenvalue weighted by molar-refractivity contribution is 5.92. The van der Waals surface area contributed by atoms with Crippen molar-refractivity contribution in [2.45, 2.75) is 19.6 Å². The molecule has 0 saturated carbocycles. The summed E-state index contributed by atoms with van der Waals surface area (Å²) in [5.74, 6) is -0.266. The van der Waals surface area contributed by atoms with E-state index in [1.807, 2.05) is 65.4 Å². The van der Waals surface area contributed by atoms with Crippen LogP contribution in [0.25, 0.3) is 10.9 Å². The summed E-state index contributed by atoms with van der Waals surface area (Å²) in [5.41, 5.74) is 3.37. The molecule has 4 rings (SSSR count). The number of carbonyl (C=O) groups is 2. The molecule has 31 heavy (non-hydrogen) atoms. The zero-order chi connectivity index (χ0) is 21.6. The van der Waals surface area contributed by atoms with Crippen molar-refractivity contribution in [1.29, 1.82) is 0 Å². The van der Waals surface area contributed by atoms with Crippen LogP contribution in [0.1, 0.15) is 11.1 Å². The van der Waals surface area contributed by atoms with Gasteiger partial charge in [-0.25, -0.2) is 0 Å². The zero-order valence-electron chi connectivity index (χ0n) is 16.8. The minimum Gasteiger partial charge on any atom is -0.489 e. The summed E-state index contributed by atoms with van der Waals surface area (Å²) in [5, 5.41) is 12.7. The molecule has 0 unspecified atom stereocenters. The van der Waals surface area contributed by atoms with Gasteiger partial charge in [-0.15, -0.1) is 0 Å². The topological polar surface area (TPSA) is 80.6 Å². The molecule has 1 aromatic heterocycles. The normalized spacial score (nSPS) is 10.7. The Morgan fingerprint density at radius 1 is 0.903 bits per heavy atom. The molecule has 156 valence electrons. The van der Waals surface area contributed by atoms with Gasteiger partial charge in [0.05, 0.1) is 6.42 Å². The van der Waals surface area contributed by atoms with Crippen LogP contribution in [0.2, 0.25) is 0 Å². The number of ether oxygens (including phenoxy) is 1. The number of nitrogens with one attached hydrogen (secondary N) is 1. The van der Waals surface area contributed by atoms with Gasteiger partial charge in [-0.1, -0.05) is 42.5 Å². The molecule has 0 aliphatic carbocycles. The highest BCUT2D eigenvalue weighted by Crippen LogP contribution is 2.23. The van der Waals surface area contributed by atoms with E-state index in [0.29, 0.717) is 17.9 Å². The van der Waals surface area contributed by atoms with Gasteiger partial charge in [0.15, 0.2) is 0 Å². The van der Waals surface area contributed by atoms with Gasteiger partial charge in [0.1, 0.15) is 18.9 Å². The number of fused-ring (bicyclic) bond motifs is 1. The smallest absolute Gasteiger partial charge is 0.307 e. The third-order valence-corrected chi connectivity index (χ3v) is 4.90. The second-order valence-corrected chi connectivity index (χ2v) is 7.25. The van der Waals surface area contributed by atoms with E-state index < -0.39 is 5.97 Å². The Kier molecular flexibility index (Phi) is 5.98. The summed E-state index contributed by atoms with van der Waals surface area (Å²) in [7, 11) is 0. The molecule has 0 radical (unpaired) electrons. The monoisotopic (exact) mass is 414 g/mol. The Bertz CT molecular complexity index is 1200. The second-order valence-electron chi connectivity index (χ2n) is 7.25. The van der Waals surface area contributed by atoms with E-state index in [0.717, 1.165) is 22.2 Å². The van der Waals surface area contributed by atoms with E-state index in [1.54, 1.807) is 24.3 Å². The lowest BCUT2D eigenvalue weighted by Gasteiger charge is -2.09. The number of rotatable bonds is 8. The molecule has 0 atom stereocenters. The van der Waals surface area contributed by atoms with Crippen LogP contribution in [0.15, 0.2) is 85.1 Å². The molecule has 1 amide bonds. The average Bonchev–Trinajstić information content (AvgIpc) is 3.16. The molecule has 0 aliphatic rings.